The molecule has 2 aromatic heterocycles. The van der Waals surface area contributed by atoms with Crippen LogP contribution in [-0.2, 0) is 24.2 Å². The van der Waals surface area contributed by atoms with E-state index in [-0.39, 0.29) is 11.7 Å². The molecule has 32 heavy (non-hydrogen) atoms. The van der Waals surface area contributed by atoms with Crippen LogP contribution in [0.5, 0.6) is 0 Å². The Hall–Kier alpha value is -2.65. The summed E-state index contributed by atoms with van der Waals surface area (Å²) in [5.41, 5.74) is 8.14. The molecule has 4 rings (SSSR count). The summed E-state index contributed by atoms with van der Waals surface area (Å²) >= 11 is 2.84. The Labute approximate surface area is 195 Å². The number of rotatable bonds is 9. The van der Waals surface area contributed by atoms with Crippen LogP contribution in [-0.4, -0.2) is 32.3 Å². The number of amides is 2. The number of unbranched alkanes of at least 4 members (excludes halogenated alkanes) is 1. The molecule has 0 fully saturated rings. The van der Waals surface area contributed by atoms with E-state index in [0.29, 0.717) is 15.7 Å². The fraction of sp³-hybridized carbons (Fsp3) is 0.391. The van der Waals surface area contributed by atoms with E-state index in [2.05, 4.69) is 27.0 Å². The van der Waals surface area contributed by atoms with Crippen molar-refractivity contribution in [1.82, 2.24) is 14.8 Å². The van der Waals surface area contributed by atoms with Crippen LogP contribution in [0.4, 0.5) is 5.00 Å². The normalized spacial score (nSPS) is 13.0. The summed E-state index contributed by atoms with van der Waals surface area (Å²) < 4.78 is 2.08. The molecule has 9 heteroatoms. The Morgan fingerprint density at radius 1 is 1.19 bits per heavy atom. The molecule has 2 heterocycles. The number of carbonyl (C=O) groups is 2. The van der Waals surface area contributed by atoms with E-state index < -0.39 is 5.91 Å². The summed E-state index contributed by atoms with van der Waals surface area (Å²) in [4.78, 5) is 26.0. The number of aromatic nitrogens is 3. The number of anilines is 1. The molecule has 0 saturated heterocycles. The summed E-state index contributed by atoms with van der Waals surface area (Å²) in [5.74, 6) is 0.338. The summed E-state index contributed by atoms with van der Waals surface area (Å²) in [6.07, 6.45) is 5.98. The maximum Gasteiger partial charge on any atom is 0.251 e. The number of benzene rings is 1. The zero-order valence-electron chi connectivity index (χ0n) is 18.1. The summed E-state index contributed by atoms with van der Waals surface area (Å²) in [7, 11) is 0. The number of nitrogens with two attached hydrogens (primary N) is 1. The van der Waals surface area contributed by atoms with Crippen LogP contribution >= 0.6 is 23.1 Å². The minimum absolute atomic E-state index is 0.178. The van der Waals surface area contributed by atoms with Crippen LogP contribution in [0, 0.1) is 0 Å². The molecule has 0 saturated carbocycles. The monoisotopic (exact) mass is 469 g/mol. The van der Waals surface area contributed by atoms with E-state index in [1.807, 2.05) is 30.3 Å². The lowest BCUT2D eigenvalue weighted by Crippen LogP contribution is -2.19. The van der Waals surface area contributed by atoms with Gasteiger partial charge in [-0.15, -0.1) is 21.5 Å². The molecule has 1 aromatic carbocycles. The standard InChI is InChI=1S/C23H27N5O2S2/c1-2-3-13-28-21(15-9-5-4-6-10-15)26-27-23(28)31-14-18(29)25-22-19(20(24)30)16-11-7-8-12-17(16)32-22/h4-6,9-10H,2-3,7-8,11-14H2,1H3,(H2,24,30)(H,25,29). The van der Waals surface area contributed by atoms with Gasteiger partial charge in [-0.1, -0.05) is 55.4 Å². The van der Waals surface area contributed by atoms with Gasteiger partial charge < -0.3 is 15.6 Å². The Balaban J connectivity index is 1.48. The maximum atomic E-state index is 12.7. The molecule has 168 valence electrons. The largest absolute Gasteiger partial charge is 0.365 e. The smallest absolute Gasteiger partial charge is 0.251 e. The number of fused-ring (bicyclic) bond motifs is 1. The highest BCUT2D eigenvalue weighted by molar-refractivity contribution is 7.99. The fourth-order valence-corrected chi connectivity index (χ4v) is 6.00. The van der Waals surface area contributed by atoms with Crippen molar-refractivity contribution in [2.75, 3.05) is 11.1 Å². The Morgan fingerprint density at radius 3 is 2.72 bits per heavy atom. The van der Waals surface area contributed by atoms with Gasteiger partial charge in [0.2, 0.25) is 5.91 Å². The van der Waals surface area contributed by atoms with E-state index >= 15 is 0 Å². The van der Waals surface area contributed by atoms with E-state index in [1.54, 1.807) is 0 Å². The molecule has 0 bridgehead atoms. The number of carbonyl (C=O) groups excluding carboxylic acids is 2. The van der Waals surface area contributed by atoms with Gasteiger partial charge in [0.25, 0.3) is 5.91 Å². The van der Waals surface area contributed by atoms with Gasteiger partial charge in [0.15, 0.2) is 11.0 Å². The fourth-order valence-electron chi connectivity index (χ4n) is 3.92. The Kier molecular flexibility index (Phi) is 7.26. The zero-order chi connectivity index (χ0) is 22.5. The van der Waals surface area contributed by atoms with Crippen LogP contribution in [0.1, 0.15) is 53.4 Å². The molecule has 0 unspecified atom stereocenters. The molecular weight excluding hydrogens is 442 g/mol. The van der Waals surface area contributed by atoms with Crippen molar-refractivity contribution >= 4 is 39.9 Å². The topological polar surface area (TPSA) is 103 Å². The first kappa shape index (κ1) is 22.5. The highest BCUT2D eigenvalue weighted by atomic mass is 32.2. The minimum Gasteiger partial charge on any atom is -0.365 e. The average molecular weight is 470 g/mol. The van der Waals surface area contributed by atoms with Crippen LogP contribution < -0.4 is 11.1 Å². The van der Waals surface area contributed by atoms with Gasteiger partial charge >= 0.3 is 0 Å². The summed E-state index contributed by atoms with van der Waals surface area (Å²) in [6.45, 7) is 2.94. The quantitative estimate of drug-likeness (QED) is 0.449. The number of hydrogen-bond acceptors (Lipinski definition) is 6. The van der Waals surface area contributed by atoms with Crippen molar-refractivity contribution in [2.45, 2.75) is 57.1 Å². The lowest BCUT2D eigenvalue weighted by atomic mass is 9.95. The van der Waals surface area contributed by atoms with Crippen LogP contribution in [0.25, 0.3) is 11.4 Å². The third-order valence-corrected chi connectivity index (χ3v) is 7.66. The van der Waals surface area contributed by atoms with Gasteiger partial charge in [0.05, 0.1) is 11.3 Å². The molecule has 0 aliphatic heterocycles. The second kappa shape index (κ2) is 10.3. The first-order chi connectivity index (χ1) is 15.6. The summed E-state index contributed by atoms with van der Waals surface area (Å²) in [5, 5.41) is 12.9. The molecule has 1 aliphatic carbocycles. The molecule has 0 atom stereocenters. The zero-order valence-corrected chi connectivity index (χ0v) is 19.7. The van der Waals surface area contributed by atoms with E-state index in [0.717, 1.165) is 62.0 Å². The first-order valence-corrected chi connectivity index (χ1v) is 12.7. The van der Waals surface area contributed by atoms with Crippen LogP contribution in [0.3, 0.4) is 0 Å². The van der Waals surface area contributed by atoms with E-state index in [9.17, 15) is 9.59 Å². The van der Waals surface area contributed by atoms with Crippen molar-refractivity contribution in [3.63, 3.8) is 0 Å². The first-order valence-electron chi connectivity index (χ1n) is 10.9. The molecule has 3 N–H and O–H groups in total. The van der Waals surface area contributed by atoms with Crippen molar-refractivity contribution < 1.29 is 9.59 Å². The third-order valence-electron chi connectivity index (χ3n) is 5.49. The van der Waals surface area contributed by atoms with Crippen molar-refractivity contribution in [3.05, 3.63) is 46.3 Å². The number of nitrogens with one attached hydrogen (secondary N) is 1. The van der Waals surface area contributed by atoms with Crippen molar-refractivity contribution in [3.8, 4) is 11.4 Å². The van der Waals surface area contributed by atoms with Crippen molar-refractivity contribution in [2.24, 2.45) is 5.73 Å². The number of thioether (sulfide) groups is 1. The average Bonchev–Trinajstić information content (AvgIpc) is 3.37. The summed E-state index contributed by atoms with van der Waals surface area (Å²) in [6, 6.07) is 9.95. The molecule has 0 spiro atoms. The molecular formula is C23H27N5O2S2. The molecule has 2 amide bonds. The minimum atomic E-state index is -0.473. The highest BCUT2D eigenvalue weighted by Crippen LogP contribution is 2.38. The number of hydrogen-bond donors (Lipinski definition) is 2. The lowest BCUT2D eigenvalue weighted by Gasteiger charge is -2.11. The number of thiophene rings is 1. The predicted molar refractivity (Wildman–Crippen MR) is 129 cm³/mol. The predicted octanol–water partition coefficient (Wildman–Crippen LogP) is 4.52. The third kappa shape index (κ3) is 4.88. The van der Waals surface area contributed by atoms with Crippen molar-refractivity contribution in [1.29, 1.82) is 0 Å². The molecule has 0 radical (unpaired) electrons. The number of nitrogens with zero attached hydrogens (tertiary/aromatic N) is 3. The Bertz CT molecular complexity index is 1110. The van der Waals surface area contributed by atoms with Gasteiger partial charge in [0, 0.05) is 17.0 Å². The SMILES string of the molecule is CCCCn1c(SCC(=O)Nc2sc3c(c2C(N)=O)CCCC3)nnc1-c1ccccc1. The highest BCUT2D eigenvalue weighted by Gasteiger charge is 2.25. The number of primary amides is 1. The van der Waals surface area contributed by atoms with Gasteiger partial charge in [-0.05, 0) is 37.7 Å². The van der Waals surface area contributed by atoms with E-state index in [4.69, 9.17) is 5.73 Å². The van der Waals surface area contributed by atoms with Gasteiger partial charge in [-0.25, -0.2) is 0 Å². The van der Waals surface area contributed by atoms with E-state index in [1.165, 1.54) is 28.0 Å². The second-order valence-corrected chi connectivity index (χ2v) is 9.84. The molecule has 7 nitrogen and oxygen atoms in total. The second-order valence-electron chi connectivity index (χ2n) is 7.79. The number of aryl methyl sites for hydroxylation is 1. The van der Waals surface area contributed by atoms with Gasteiger partial charge in [-0.2, -0.15) is 0 Å². The van der Waals surface area contributed by atoms with Gasteiger partial charge in [0.1, 0.15) is 5.00 Å². The maximum absolute atomic E-state index is 12.7. The van der Waals surface area contributed by atoms with Gasteiger partial charge in [-0.3, -0.25) is 9.59 Å². The lowest BCUT2D eigenvalue weighted by molar-refractivity contribution is -0.113. The Morgan fingerprint density at radius 2 is 1.97 bits per heavy atom. The van der Waals surface area contributed by atoms with Crippen LogP contribution in [0.15, 0.2) is 35.5 Å². The van der Waals surface area contributed by atoms with Crippen LogP contribution in [0.2, 0.25) is 0 Å². The molecule has 1 aliphatic rings. The molecule has 3 aromatic rings.